The quantitative estimate of drug-likeness (QED) is 0.0826. The number of aromatic amines is 1. The fraction of sp³-hybridized carbons (Fsp3) is 0.667. The third-order valence-corrected chi connectivity index (χ3v) is 8.89. The van der Waals surface area contributed by atoms with Crippen LogP contribution in [-0.4, -0.2) is 55.9 Å². The normalized spacial score (nSPS) is 12.9. The third kappa shape index (κ3) is 42.0. The van der Waals surface area contributed by atoms with Gasteiger partial charge in [-0.05, 0) is 58.1 Å². The lowest BCUT2D eigenvalue weighted by molar-refractivity contribution is -0.377. The molecule has 1 aromatic carbocycles. The van der Waals surface area contributed by atoms with E-state index in [0.717, 1.165) is 31.4 Å². The Morgan fingerprint density at radius 1 is 0.722 bits per heavy atom. The number of hydrogen-bond acceptors (Lipinski definition) is 7. The Bertz CT molecular complexity index is 1230. The summed E-state index contributed by atoms with van der Waals surface area (Å²) in [5, 5.41) is 16.0. The molecule has 1 aromatic heterocycles. The van der Waals surface area contributed by atoms with Crippen LogP contribution in [0.15, 0.2) is 59.8 Å². The summed E-state index contributed by atoms with van der Waals surface area (Å²) in [7, 11) is -4.27. The van der Waals surface area contributed by atoms with Crippen LogP contribution in [0.1, 0.15) is 161 Å². The van der Waals surface area contributed by atoms with E-state index in [0.29, 0.717) is 6.61 Å². The van der Waals surface area contributed by atoms with Gasteiger partial charge in [0.1, 0.15) is 23.3 Å². The van der Waals surface area contributed by atoms with Gasteiger partial charge in [-0.25, -0.2) is 13.4 Å². The minimum Gasteiger partial charge on any atom is -0.744 e. The SMILES string of the molecule is CCCCCCCCCCC#CCO.CCCCCCCCCCC#CCOC1CCCCO1.CCO.Cc1ccc(S(=O)(=O)[O-])cc1.c1cc[nH+]cc1. The zero-order chi connectivity index (χ0) is 40.2. The molecular weight excluding hydrogens is 699 g/mol. The lowest BCUT2D eigenvalue weighted by Gasteiger charge is -2.21. The number of H-pyrrole nitrogens is 1. The van der Waals surface area contributed by atoms with E-state index in [1.807, 2.05) is 37.5 Å². The Kier molecular flexibility index (Phi) is 42.5. The average Bonchev–Trinajstić information content (AvgIpc) is 3.18. The van der Waals surface area contributed by atoms with Crippen molar-refractivity contribution in [1.29, 1.82) is 0 Å². The fourth-order valence-electron chi connectivity index (χ4n) is 5.00. The molecule has 1 saturated heterocycles. The van der Waals surface area contributed by atoms with Crippen LogP contribution in [0.5, 0.6) is 0 Å². The monoisotopic (exact) mass is 774 g/mol. The summed E-state index contributed by atoms with van der Waals surface area (Å²) in [6.07, 6.45) is 30.8. The minimum atomic E-state index is -4.27. The van der Waals surface area contributed by atoms with Crippen LogP contribution in [0.25, 0.3) is 0 Å². The van der Waals surface area contributed by atoms with Crippen molar-refractivity contribution in [2.75, 3.05) is 26.4 Å². The van der Waals surface area contributed by atoms with Crippen molar-refractivity contribution in [2.45, 2.75) is 174 Å². The van der Waals surface area contributed by atoms with E-state index in [4.69, 9.17) is 19.7 Å². The molecule has 1 fully saturated rings. The molecule has 3 rings (SSSR count). The number of aromatic nitrogens is 1. The molecular formula is C45H75NO7S. The summed E-state index contributed by atoms with van der Waals surface area (Å²) in [6, 6.07) is 11.6. The molecule has 9 heteroatoms. The largest absolute Gasteiger partial charge is 0.744 e. The maximum atomic E-state index is 10.4. The van der Waals surface area contributed by atoms with Crippen LogP contribution >= 0.6 is 0 Å². The molecule has 1 aliphatic heterocycles. The number of nitrogens with one attached hydrogen (secondary N) is 1. The highest BCUT2D eigenvalue weighted by Gasteiger charge is 2.12. The molecule has 1 unspecified atom stereocenters. The van der Waals surface area contributed by atoms with Crippen molar-refractivity contribution in [3.8, 4) is 23.7 Å². The first-order valence-electron chi connectivity index (χ1n) is 20.6. The number of aryl methyl sites for hydroxylation is 1. The first-order valence-corrected chi connectivity index (χ1v) is 22.0. The van der Waals surface area contributed by atoms with Crippen molar-refractivity contribution in [2.24, 2.45) is 0 Å². The average molecular weight is 774 g/mol. The number of pyridine rings is 1. The van der Waals surface area contributed by atoms with E-state index in [-0.39, 0.29) is 24.4 Å². The van der Waals surface area contributed by atoms with Crippen molar-refractivity contribution >= 4 is 10.1 Å². The lowest BCUT2D eigenvalue weighted by atomic mass is 10.1. The highest BCUT2D eigenvalue weighted by Crippen LogP contribution is 2.13. The van der Waals surface area contributed by atoms with E-state index in [1.54, 1.807) is 19.1 Å². The number of rotatable bonds is 19. The van der Waals surface area contributed by atoms with Gasteiger partial charge >= 0.3 is 0 Å². The molecule has 0 aliphatic carbocycles. The van der Waals surface area contributed by atoms with E-state index < -0.39 is 10.1 Å². The zero-order valence-corrected chi connectivity index (χ0v) is 35.1. The predicted molar refractivity (Wildman–Crippen MR) is 222 cm³/mol. The molecule has 1 atom stereocenters. The zero-order valence-electron chi connectivity index (χ0n) is 34.3. The standard InChI is InChI=1S/C18H32O2.C13H24O.C7H8O3S.C5H5N.C2H6O/c1-2-3-4-5-6-7-8-9-10-11-13-16-19-18-15-12-14-17-20-18;1-2-3-4-5-6-7-8-9-10-11-12-13-14;1-6-2-4-7(5-3-6)11(8,9)10;1-2-4-6-5-3-1;1-2-3/h18H,2-10,12,14-17H2,1H3;14H,2-10,13H2,1H3;2-5H,1H3,(H,8,9,10);1-5H;3H,2H2,1H3. The van der Waals surface area contributed by atoms with Crippen LogP contribution in [0.3, 0.4) is 0 Å². The second-order valence-electron chi connectivity index (χ2n) is 13.1. The molecule has 308 valence electrons. The second-order valence-corrected chi connectivity index (χ2v) is 14.5. The molecule has 8 nitrogen and oxygen atoms in total. The first-order chi connectivity index (χ1) is 26.3. The van der Waals surface area contributed by atoms with Crippen molar-refractivity contribution in [1.82, 2.24) is 0 Å². The lowest BCUT2D eigenvalue weighted by Crippen LogP contribution is -2.22. The Labute approximate surface area is 331 Å². The number of hydrogen-bond donors (Lipinski definition) is 2. The smallest absolute Gasteiger partial charge is 0.166 e. The van der Waals surface area contributed by atoms with Gasteiger partial charge in [-0.3, -0.25) is 0 Å². The number of benzene rings is 1. The Hall–Kier alpha value is -2.76. The fourth-order valence-corrected chi connectivity index (χ4v) is 5.47. The Morgan fingerprint density at radius 2 is 1.20 bits per heavy atom. The van der Waals surface area contributed by atoms with Gasteiger partial charge in [0.2, 0.25) is 0 Å². The number of ether oxygens (including phenoxy) is 2. The van der Waals surface area contributed by atoms with Crippen LogP contribution in [0.4, 0.5) is 0 Å². The molecule has 2 heterocycles. The maximum Gasteiger partial charge on any atom is 0.166 e. The van der Waals surface area contributed by atoms with Crippen LogP contribution < -0.4 is 4.98 Å². The summed E-state index contributed by atoms with van der Waals surface area (Å²) in [5.41, 5.74) is 0.928. The summed E-state index contributed by atoms with van der Waals surface area (Å²) < 4.78 is 42.2. The summed E-state index contributed by atoms with van der Waals surface area (Å²) in [5.74, 6) is 11.9. The highest BCUT2D eigenvalue weighted by atomic mass is 32.2. The third-order valence-electron chi connectivity index (χ3n) is 8.04. The molecule has 0 amide bonds. The molecule has 54 heavy (non-hydrogen) atoms. The van der Waals surface area contributed by atoms with Gasteiger partial charge in [-0.2, -0.15) is 0 Å². The van der Waals surface area contributed by atoms with Gasteiger partial charge in [0.25, 0.3) is 0 Å². The van der Waals surface area contributed by atoms with Gasteiger partial charge in [0.15, 0.2) is 18.7 Å². The summed E-state index contributed by atoms with van der Waals surface area (Å²) >= 11 is 0. The number of aliphatic hydroxyl groups is 2. The van der Waals surface area contributed by atoms with Gasteiger partial charge in [-0.15, -0.1) is 11.8 Å². The molecule has 1 aliphatic rings. The van der Waals surface area contributed by atoms with E-state index in [1.165, 1.54) is 128 Å². The van der Waals surface area contributed by atoms with Gasteiger partial charge in [-0.1, -0.05) is 139 Å². The molecule has 3 N–H and O–H groups in total. The molecule has 0 saturated carbocycles. The van der Waals surface area contributed by atoms with Crippen LogP contribution in [-0.2, 0) is 19.6 Å². The second kappa shape index (κ2) is 43.0. The van der Waals surface area contributed by atoms with Gasteiger partial charge < -0.3 is 24.2 Å². The number of unbranched alkanes of at least 4 members (excludes halogenated alkanes) is 16. The summed E-state index contributed by atoms with van der Waals surface area (Å²) in [6.45, 7) is 9.65. The topological polar surface area (TPSA) is 130 Å². The van der Waals surface area contributed by atoms with Crippen LogP contribution in [0.2, 0.25) is 0 Å². The predicted octanol–water partition coefficient (Wildman–Crippen LogP) is 9.98. The summed E-state index contributed by atoms with van der Waals surface area (Å²) in [4.78, 5) is 2.71. The van der Waals surface area contributed by atoms with E-state index in [2.05, 4.69) is 42.5 Å². The van der Waals surface area contributed by atoms with E-state index >= 15 is 0 Å². The van der Waals surface area contributed by atoms with Crippen molar-refractivity contribution < 1.29 is 37.6 Å². The molecule has 0 spiro atoms. The highest BCUT2D eigenvalue weighted by molar-refractivity contribution is 7.85. The van der Waals surface area contributed by atoms with Gasteiger partial charge in [0.05, 0.1) is 4.90 Å². The van der Waals surface area contributed by atoms with Crippen LogP contribution in [0, 0.1) is 30.6 Å². The maximum absolute atomic E-state index is 10.4. The molecule has 0 bridgehead atoms. The minimum absolute atomic E-state index is 0.00108. The molecule has 2 aromatic rings. The van der Waals surface area contributed by atoms with E-state index in [9.17, 15) is 13.0 Å². The Balaban J connectivity index is 0. The first kappa shape index (κ1) is 53.3. The van der Waals surface area contributed by atoms with Crippen molar-refractivity contribution in [3.05, 3.63) is 60.4 Å². The molecule has 0 radical (unpaired) electrons. The van der Waals surface area contributed by atoms with Crippen molar-refractivity contribution in [3.63, 3.8) is 0 Å². The Morgan fingerprint density at radius 3 is 1.59 bits per heavy atom. The van der Waals surface area contributed by atoms with Gasteiger partial charge in [0, 0.05) is 38.2 Å². The number of aliphatic hydroxyl groups excluding tert-OH is 2.